The molecule has 2 aromatic heterocycles. The number of hydrogen-bond acceptors (Lipinski definition) is 3. The molecule has 2 N–H and O–H groups in total. The molecule has 0 unspecified atom stereocenters. The van der Waals surface area contributed by atoms with E-state index in [0.717, 1.165) is 16.6 Å². The number of carboxylic acid groups (broad SMARTS) is 1. The monoisotopic (exact) mass is 261 g/mol. The van der Waals surface area contributed by atoms with Crippen molar-refractivity contribution >= 4 is 22.9 Å². The zero-order valence-electron chi connectivity index (χ0n) is 10.6. The Morgan fingerprint density at radius 2 is 2.26 bits per heavy atom. The number of carboxylic acids is 1. The predicted molar refractivity (Wildman–Crippen MR) is 69.7 cm³/mol. The Morgan fingerprint density at radius 1 is 1.47 bits per heavy atom. The minimum absolute atomic E-state index is 0.0440. The number of nitrogens with one attached hydrogen (secondary N) is 1. The summed E-state index contributed by atoms with van der Waals surface area (Å²) in [5, 5.41) is 9.51. The van der Waals surface area contributed by atoms with Crippen LogP contribution in [-0.2, 0) is 16.0 Å². The van der Waals surface area contributed by atoms with E-state index in [1.165, 1.54) is 4.90 Å². The molecule has 0 aliphatic carbocycles. The number of fused-ring (bicyclic) bond motifs is 1. The molecule has 19 heavy (non-hydrogen) atoms. The van der Waals surface area contributed by atoms with Crippen LogP contribution in [0.25, 0.3) is 11.0 Å². The van der Waals surface area contributed by atoms with Crippen LogP contribution in [0.5, 0.6) is 0 Å². The lowest BCUT2D eigenvalue weighted by atomic mass is 10.1. The highest BCUT2D eigenvalue weighted by molar-refractivity contribution is 5.87. The normalized spacial score (nSPS) is 10.6. The number of aliphatic carboxylic acids is 1. The number of nitrogens with zero attached hydrogens (tertiary/aromatic N) is 2. The van der Waals surface area contributed by atoms with Crippen LogP contribution in [0.1, 0.15) is 12.0 Å². The number of likely N-dealkylation sites (N-methyl/N-ethyl adjacent to an activating group) is 1. The van der Waals surface area contributed by atoms with Gasteiger partial charge in [0.25, 0.3) is 0 Å². The molecule has 2 heterocycles. The Labute approximate surface area is 110 Å². The number of carbonyl (C=O) groups excluding carboxylic acids is 1. The summed E-state index contributed by atoms with van der Waals surface area (Å²) in [4.78, 5) is 31.0. The summed E-state index contributed by atoms with van der Waals surface area (Å²) in [5.74, 6) is -1.01. The third kappa shape index (κ3) is 3.09. The molecule has 0 aromatic carbocycles. The molecule has 100 valence electrons. The molecule has 0 spiro atoms. The predicted octanol–water partition coefficient (Wildman–Crippen LogP) is 1.04. The SMILES string of the molecule is CN(CCC(=O)O)C(=O)Cc1c[nH]c2ncccc12. The smallest absolute Gasteiger partial charge is 0.305 e. The van der Waals surface area contributed by atoms with Gasteiger partial charge >= 0.3 is 5.97 Å². The topological polar surface area (TPSA) is 86.3 Å². The molecule has 2 aromatic rings. The second kappa shape index (κ2) is 5.51. The van der Waals surface area contributed by atoms with E-state index in [2.05, 4.69) is 9.97 Å². The quantitative estimate of drug-likeness (QED) is 0.842. The van der Waals surface area contributed by atoms with Gasteiger partial charge < -0.3 is 15.0 Å². The van der Waals surface area contributed by atoms with Crippen LogP contribution in [-0.4, -0.2) is 45.4 Å². The minimum atomic E-state index is -0.907. The second-order valence-electron chi connectivity index (χ2n) is 4.35. The standard InChI is InChI=1S/C13H15N3O3/c1-16(6-4-12(18)19)11(17)7-9-8-15-13-10(9)3-2-5-14-13/h2-3,5,8H,4,6-7H2,1H3,(H,14,15)(H,18,19). The van der Waals surface area contributed by atoms with Gasteiger partial charge in [-0.15, -0.1) is 0 Å². The Balaban J connectivity index is 2.04. The average Bonchev–Trinajstić information content (AvgIpc) is 2.79. The zero-order chi connectivity index (χ0) is 13.8. The number of hydrogen-bond donors (Lipinski definition) is 2. The highest BCUT2D eigenvalue weighted by Crippen LogP contribution is 2.16. The molecule has 0 aliphatic rings. The fourth-order valence-electron chi connectivity index (χ4n) is 1.84. The number of aromatic amines is 1. The molecule has 6 heteroatoms. The Hall–Kier alpha value is -2.37. The Kier molecular flexibility index (Phi) is 3.79. The van der Waals surface area contributed by atoms with Gasteiger partial charge in [-0.05, 0) is 17.7 Å². The van der Waals surface area contributed by atoms with Crippen LogP contribution < -0.4 is 0 Å². The zero-order valence-corrected chi connectivity index (χ0v) is 10.6. The molecule has 0 saturated heterocycles. The van der Waals surface area contributed by atoms with E-state index in [4.69, 9.17) is 5.11 Å². The third-order valence-electron chi connectivity index (χ3n) is 2.97. The molecule has 0 bridgehead atoms. The van der Waals surface area contributed by atoms with Crippen molar-refractivity contribution in [3.63, 3.8) is 0 Å². The Bertz CT molecular complexity index is 606. The van der Waals surface area contributed by atoms with Gasteiger partial charge in [0.2, 0.25) is 5.91 Å². The summed E-state index contributed by atoms with van der Waals surface area (Å²) in [6.07, 6.45) is 3.64. The van der Waals surface area contributed by atoms with Crippen molar-refractivity contribution in [1.29, 1.82) is 0 Å². The van der Waals surface area contributed by atoms with E-state index < -0.39 is 5.97 Å². The maximum Gasteiger partial charge on any atom is 0.305 e. The van der Waals surface area contributed by atoms with Crippen LogP contribution in [0, 0.1) is 0 Å². The molecular weight excluding hydrogens is 246 g/mol. The molecule has 2 rings (SSSR count). The van der Waals surface area contributed by atoms with E-state index in [-0.39, 0.29) is 25.3 Å². The average molecular weight is 261 g/mol. The van der Waals surface area contributed by atoms with Crippen molar-refractivity contribution in [3.05, 3.63) is 30.1 Å². The number of H-pyrrole nitrogens is 1. The van der Waals surface area contributed by atoms with Crippen molar-refractivity contribution < 1.29 is 14.7 Å². The van der Waals surface area contributed by atoms with Gasteiger partial charge in [-0.1, -0.05) is 0 Å². The fraction of sp³-hybridized carbons (Fsp3) is 0.308. The largest absolute Gasteiger partial charge is 0.481 e. The first-order valence-electron chi connectivity index (χ1n) is 5.94. The molecule has 1 amide bonds. The lowest BCUT2D eigenvalue weighted by Crippen LogP contribution is -2.30. The van der Waals surface area contributed by atoms with E-state index in [9.17, 15) is 9.59 Å². The molecule has 0 atom stereocenters. The van der Waals surface area contributed by atoms with Crippen molar-refractivity contribution in [2.75, 3.05) is 13.6 Å². The minimum Gasteiger partial charge on any atom is -0.481 e. The fourth-order valence-corrected chi connectivity index (χ4v) is 1.84. The summed E-state index contributed by atoms with van der Waals surface area (Å²) in [6.45, 7) is 0.217. The van der Waals surface area contributed by atoms with Crippen LogP contribution in [0.4, 0.5) is 0 Å². The number of pyridine rings is 1. The lowest BCUT2D eigenvalue weighted by Gasteiger charge is -2.15. The first-order valence-corrected chi connectivity index (χ1v) is 5.94. The van der Waals surface area contributed by atoms with Crippen molar-refractivity contribution in [2.45, 2.75) is 12.8 Å². The first kappa shape index (κ1) is 13.1. The molecule has 0 saturated carbocycles. The van der Waals surface area contributed by atoms with Crippen molar-refractivity contribution in [3.8, 4) is 0 Å². The van der Waals surface area contributed by atoms with Crippen LogP contribution in [0.3, 0.4) is 0 Å². The highest BCUT2D eigenvalue weighted by atomic mass is 16.4. The molecule has 0 fully saturated rings. The van der Waals surface area contributed by atoms with Gasteiger partial charge in [-0.25, -0.2) is 4.98 Å². The van der Waals surface area contributed by atoms with E-state index in [1.807, 2.05) is 12.1 Å². The molecule has 6 nitrogen and oxygen atoms in total. The van der Waals surface area contributed by atoms with Crippen LogP contribution in [0.2, 0.25) is 0 Å². The third-order valence-corrected chi connectivity index (χ3v) is 2.97. The van der Waals surface area contributed by atoms with Gasteiger partial charge in [0.15, 0.2) is 0 Å². The van der Waals surface area contributed by atoms with E-state index in [1.54, 1.807) is 19.4 Å². The Morgan fingerprint density at radius 3 is 3.00 bits per heavy atom. The maximum atomic E-state index is 12.0. The summed E-state index contributed by atoms with van der Waals surface area (Å²) >= 11 is 0. The number of amides is 1. The first-order chi connectivity index (χ1) is 9.08. The highest BCUT2D eigenvalue weighted by Gasteiger charge is 2.13. The van der Waals surface area contributed by atoms with Gasteiger partial charge in [0, 0.05) is 31.4 Å². The van der Waals surface area contributed by atoms with Crippen LogP contribution >= 0.6 is 0 Å². The second-order valence-corrected chi connectivity index (χ2v) is 4.35. The summed E-state index contributed by atoms with van der Waals surface area (Å²) < 4.78 is 0. The van der Waals surface area contributed by atoms with Gasteiger partial charge in [0.05, 0.1) is 12.8 Å². The van der Waals surface area contributed by atoms with Gasteiger partial charge in [-0.2, -0.15) is 0 Å². The maximum absolute atomic E-state index is 12.0. The summed E-state index contributed by atoms with van der Waals surface area (Å²) in [5.41, 5.74) is 1.62. The number of aromatic nitrogens is 2. The molecule has 0 radical (unpaired) electrons. The van der Waals surface area contributed by atoms with Gasteiger partial charge in [-0.3, -0.25) is 9.59 Å². The molecular formula is C13H15N3O3. The molecule has 0 aliphatic heterocycles. The summed E-state index contributed by atoms with van der Waals surface area (Å²) in [7, 11) is 1.61. The number of carbonyl (C=O) groups is 2. The van der Waals surface area contributed by atoms with Crippen molar-refractivity contribution in [2.24, 2.45) is 0 Å². The van der Waals surface area contributed by atoms with Crippen LogP contribution in [0.15, 0.2) is 24.5 Å². The van der Waals surface area contributed by atoms with E-state index >= 15 is 0 Å². The number of rotatable bonds is 5. The lowest BCUT2D eigenvalue weighted by molar-refractivity contribution is -0.138. The van der Waals surface area contributed by atoms with Crippen molar-refractivity contribution in [1.82, 2.24) is 14.9 Å². The van der Waals surface area contributed by atoms with E-state index in [0.29, 0.717) is 0 Å². The summed E-state index contributed by atoms with van der Waals surface area (Å²) in [6, 6.07) is 3.72. The van der Waals surface area contributed by atoms with Gasteiger partial charge in [0.1, 0.15) is 5.65 Å².